The molecular weight excluding hydrogens is 252 g/mol. The van der Waals surface area contributed by atoms with Crippen molar-refractivity contribution in [2.75, 3.05) is 39.3 Å². The number of rotatable bonds is 2. The molecule has 1 N–H and O–H groups in total. The second-order valence-corrected chi connectivity index (χ2v) is 6.36. The topological polar surface area (TPSA) is 35.9 Å². The predicted octanol–water partition coefficient (Wildman–Crippen LogP) is 1.43. The third kappa shape index (κ3) is 2.22. The standard InChI is InChI=1S/C16H24N2O2/c1-17(2)15-7-5-4-6-14(15)16(19)8-12-10-20-11-13(9-16)18(12)3/h4-7,12-13,19H,8-11H2,1-3H3. The molecule has 0 saturated carbocycles. The molecule has 2 fully saturated rings. The van der Waals surface area contributed by atoms with Crippen LogP contribution in [0.1, 0.15) is 18.4 Å². The van der Waals surface area contributed by atoms with Gasteiger partial charge in [0.1, 0.15) is 0 Å². The number of fused-ring (bicyclic) bond motifs is 2. The molecule has 2 atom stereocenters. The van der Waals surface area contributed by atoms with Gasteiger partial charge in [0.25, 0.3) is 0 Å². The minimum atomic E-state index is -0.744. The van der Waals surface area contributed by atoms with Crippen molar-refractivity contribution in [3.63, 3.8) is 0 Å². The molecule has 2 saturated heterocycles. The Morgan fingerprint density at radius 1 is 1.20 bits per heavy atom. The molecule has 1 aromatic rings. The Balaban J connectivity index is 1.97. The fourth-order valence-corrected chi connectivity index (χ4v) is 3.62. The molecule has 0 radical (unpaired) electrons. The Morgan fingerprint density at radius 2 is 1.80 bits per heavy atom. The van der Waals surface area contributed by atoms with Gasteiger partial charge in [0.15, 0.2) is 0 Å². The van der Waals surface area contributed by atoms with Crippen LogP contribution in [0.2, 0.25) is 0 Å². The summed E-state index contributed by atoms with van der Waals surface area (Å²) in [4.78, 5) is 4.45. The highest BCUT2D eigenvalue weighted by Crippen LogP contribution is 2.43. The molecule has 2 heterocycles. The minimum Gasteiger partial charge on any atom is -0.385 e. The minimum absolute atomic E-state index is 0.308. The zero-order valence-electron chi connectivity index (χ0n) is 12.5. The molecule has 1 aromatic carbocycles. The Hall–Kier alpha value is -1.10. The number of ether oxygens (including phenoxy) is 1. The van der Waals surface area contributed by atoms with Crippen molar-refractivity contribution in [3.8, 4) is 0 Å². The summed E-state index contributed by atoms with van der Waals surface area (Å²) in [6, 6.07) is 8.81. The molecule has 4 nitrogen and oxygen atoms in total. The normalized spacial score (nSPS) is 34.0. The monoisotopic (exact) mass is 276 g/mol. The van der Waals surface area contributed by atoms with Crippen LogP contribution in [-0.2, 0) is 10.3 Å². The second kappa shape index (κ2) is 5.02. The van der Waals surface area contributed by atoms with Crippen LogP contribution in [0.15, 0.2) is 24.3 Å². The van der Waals surface area contributed by atoms with Crippen molar-refractivity contribution >= 4 is 5.69 Å². The number of hydrogen-bond donors (Lipinski definition) is 1. The first-order chi connectivity index (χ1) is 9.51. The summed E-state index contributed by atoms with van der Waals surface area (Å²) in [5, 5.41) is 11.3. The van der Waals surface area contributed by atoms with Gasteiger partial charge in [0, 0.05) is 37.4 Å². The van der Waals surface area contributed by atoms with E-state index in [9.17, 15) is 5.11 Å². The summed E-state index contributed by atoms with van der Waals surface area (Å²) < 4.78 is 5.65. The third-order valence-electron chi connectivity index (χ3n) is 4.81. The van der Waals surface area contributed by atoms with Crippen LogP contribution in [0.25, 0.3) is 0 Å². The third-order valence-corrected chi connectivity index (χ3v) is 4.81. The van der Waals surface area contributed by atoms with E-state index in [0.29, 0.717) is 12.1 Å². The molecule has 3 rings (SSSR count). The van der Waals surface area contributed by atoms with Crippen molar-refractivity contribution in [2.45, 2.75) is 30.5 Å². The molecule has 2 bridgehead atoms. The highest BCUT2D eigenvalue weighted by Gasteiger charge is 2.46. The number of hydrogen-bond acceptors (Lipinski definition) is 4. The molecule has 2 unspecified atom stereocenters. The van der Waals surface area contributed by atoms with Gasteiger partial charge in [-0.05, 0) is 26.0 Å². The smallest absolute Gasteiger partial charge is 0.0948 e. The number of piperidine rings is 1. The van der Waals surface area contributed by atoms with E-state index in [1.807, 2.05) is 26.2 Å². The predicted molar refractivity (Wildman–Crippen MR) is 80.1 cm³/mol. The average Bonchev–Trinajstić information content (AvgIpc) is 2.41. The van der Waals surface area contributed by atoms with E-state index in [2.05, 4.69) is 29.0 Å². The number of morpholine rings is 1. The van der Waals surface area contributed by atoms with Crippen LogP contribution in [0.5, 0.6) is 0 Å². The van der Waals surface area contributed by atoms with Gasteiger partial charge in [0.05, 0.1) is 18.8 Å². The second-order valence-electron chi connectivity index (χ2n) is 6.36. The lowest BCUT2D eigenvalue weighted by atomic mass is 9.76. The zero-order valence-corrected chi connectivity index (χ0v) is 12.5. The SMILES string of the molecule is CN(C)c1ccccc1C1(O)CC2COCC(C1)N2C. The van der Waals surface area contributed by atoms with Crippen molar-refractivity contribution in [1.82, 2.24) is 4.90 Å². The number of aliphatic hydroxyl groups is 1. The van der Waals surface area contributed by atoms with Crippen LogP contribution in [0.3, 0.4) is 0 Å². The van der Waals surface area contributed by atoms with E-state index in [1.54, 1.807) is 0 Å². The fraction of sp³-hybridized carbons (Fsp3) is 0.625. The first-order valence-corrected chi connectivity index (χ1v) is 7.30. The lowest BCUT2D eigenvalue weighted by molar-refractivity contribution is -0.137. The van der Waals surface area contributed by atoms with Crippen LogP contribution in [0.4, 0.5) is 5.69 Å². The van der Waals surface area contributed by atoms with Gasteiger partial charge in [-0.1, -0.05) is 18.2 Å². The Kier molecular flexibility index (Phi) is 3.48. The number of benzene rings is 1. The molecule has 20 heavy (non-hydrogen) atoms. The summed E-state index contributed by atoms with van der Waals surface area (Å²) in [7, 11) is 6.21. The lowest BCUT2D eigenvalue weighted by Gasteiger charge is -2.50. The first-order valence-electron chi connectivity index (χ1n) is 7.30. The molecule has 0 aromatic heterocycles. The molecule has 110 valence electrons. The lowest BCUT2D eigenvalue weighted by Crippen LogP contribution is -2.59. The molecular formula is C16H24N2O2. The average molecular weight is 276 g/mol. The summed E-state index contributed by atoms with van der Waals surface area (Å²) in [6.45, 7) is 1.44. The van der Waals surface area contributed by atoms with Gasteiger partial charge < -0.3 is 14.7 Å². The number of para-hydroxylation sites is 1. The van der Waals surface area contributed by atoms with Gasteiger partial charge in [-0.2, -0.15) is 0 Å². The summed E-state index contributed by atoms with van der Waals surface area (Å²) in [6.07, 6.45) is 1.48. The van der Waals surface area contributed by atoms with E-state index in [0.717, 1.165) is 37.3 Å². The van der Waals surface area contributed by atoms with E-state index in [4.69, 9.17) is 4.74 Å². The van der Waals surface area contributed by atoms with Crippen LogP contribution < -0.4 is 4.90 Å². The van der Waals surface area contributed by atoms with Crippen molar-refractivity contribution < 1.29 is 9.84 Å². The van der Waals surface area contributed by atoms with Gasteiger partial charge in [-0.3, -0.25) is 4.90 Å². The van der Waals surface area contributed by atoms with Crippen LogP contribution >= 0.6 is 0 Å². The highest BCUT2D eigenvalue weighted by atomic mass is 16.5. The molecule has 4 heteroatoms. The number of anilines is 1. The number of likely N-dealkylation sites (N-methyl/N-ethyl adjacent to an activating group) is 1. The van der Waals surface area contributed by atoms with E-state index in [1.165, 1.54) is 0 Å². The maximum Gasteiger partial charge on any atom is 0.0948 e. The Morgan fingerprint density at radius 3 is 2.40 bits per heavy atom. The fourth-order valence-electron chi connectivity index (χ4n) is 3.62. The maximum atomic E-state index is 11.3. The number of nitrogens with zero attached hydrogens (tertiary/aromatic N) is 2. The quantitative estimate of drug-likeness (QED) is 0.886. The Bertz CT molecular complexity index is 475. The molecule has 2 aliphatic rings. The summed E-state index contributed by atoms with van der Waals surface area (Å²) in [5.74, 6) is 0. The first kappa shape index (κ1) is 13.9. The van der Waals surface area contributed by atoms with Gasteiger partial charge >= 0.3 is 0 Å². The molecule has 2 aliphatic heterocycles. The van der Waals surface area contributed by atoms with Crippen LogP contribution in [0, 0.1) is 0 Å². The largest absolute Gasteiger partial charge is 0.385 e. The van der Waals surface area contributed by atoms with Crippen LogP contribution in [-0.4, -0.2) is 56.4 Å². The van der Waals surface area contributed by atoms with Gasteiger partial charge in [-0.15, -0.1) is 0 Å². The maximum absolute atomic E-state index is 11.3. The van der Waals surface area contributed by atoms with Crippen molar-refractivity contribution in [1.29, 1.82) is 0 Å². The molecule has 0 amide bonds. The van der Waals surface area contributed by atoms with Crippen molar-refractivity contribution in [3.05, 3.63) is 29.8 Å². The van der Waals surface area contributed by atoms with E-state index >= 15 is 0 Å². The van der Waals surface area contributed by atoms with E-state index < -0.39 is 5.60 Å². The molecule has 0 aliphatic carbocycles. The molecule has 0 spiro atoms. The summed E-state index contributed by atoms with van der Waals surface area (Å²) in [5.41, 5.74) is 1.42. The summed E-state index contributed by atoms with van der Waals surface area (Å²) >= 11 is 0. The van der Waals surface area contributed by atoms with Gasteiger partial charge in [-0.25, -0.2) is 0 Å². The van der Waals surface area contributed by atoms with E-state index in [-0.39, 0.29) is 0 Å². The van der Waals surface area contributed by atoms with Gasteiger partial charge in [0.2, 0.25) is 0 Å². The zero-order chi connectivity index (χ0) is 14.3. The highest BCUT2D eigenvalue weighted by molar-refractivity contribution is 5.55. The van der Waals surface area contributed by atoms with Crippen molar-refractivity contribution in [2.24, 2.45) is 0 Å². The Labute approximate surface area is 120 Å².